The molecule has 4 nitrogen and oxygen atoms in total. The summed E-state index contributed by atoms with van der Waals surface area (Å²) in [6, 6.07) is 19.3. The lowest BCUT2D eigenvalue weighted by atomic mass is 9.96. The first-order chi connectivity index (χ1) is 14.0. The van der Waals surface area contributed by atoms with Gasteiger partial charge in [0.15, 0.2) is 0 Å². The third-order valence-corrected chi connectivity index (χ3v) is 5.74. The standard InChI is InChI=1S/C25H33NO3/c1-19(2)20-10-12-22(13-11-20)25(21-7-4-3-5-8-21)29-23-14-17-26(18-15-23)16-6-9-24(27)28/h3-5,7-8,10-13,19,23,25H,6,9,14-18H2,1-2H3,(H,27,28). The zero-order valence-corrected chi connectivity index (χ0v) is 17.6. The smallest absolute Gasteiger partial charge is 0.303 e. The van der Waals surface area contributed by atoms with Gasteiger partial charge in [0, 0.05) is 19.5 Å². The van der Waals surface area contributed by atoms with E-state index < -0.39 is 5.97 Å². The van der Waals surface area contributed by atoms with Crippen LogP contribution in [0.1, 0.15) is 68.2 Å². The second kappa shape index (κ2) is 10.6. The Balaban J connectivity index is 1.63. The van der Waals surface area contributed by atoms with Crippen LogP contribution in [0.4, 0.5) is 0 Å². The van der Waals surface area contributed by atoms with Crippen molar-refractivity contribution in [2.45, 2.75) is 57.7 Å². The number of nitrogens with zero attached hydrogens (tertiary/aromatic N) is 1. The quantitative estimate of drug-likeness (QED) is 0.630. The molecule has 156 valence electrons. The van der Waals surface area contributed by atoms with Crippen molar-refractivity contribution >= 4 is 5.97 Å². The first-order valence-corrected chi connectivity index (χ1v) is 10.8. The zero-order chi connectivity index (χ0) is 20.6. The van der Waals surface area contributed by atoms with Crippen molar-refractivity contribution in [2.75, 3.05) is 19.6 Å². The molecule has 0 saturated carbocycles. The Morgan fingerprint density at radius 2 is 1.59 bits per heavy atom. The minimum atomic E-state index is -0.711. The lowest BCUT2D eigenvalue weighted by Crippen LogP contribution is -2.38. The number of hydrogen-bond acceptors (Lipinski definition) is 3. The predicted molar refractivity (Wildman–Crippen MR) is 116 cm³/mol. The summed E-state index contributed by atoms with van der Waals surface area (Å²) in [6.45, 7) is 7.23. The van der Waals surface area contributed by atoms with Crippen LogP contribution in [0.3, 0.4) is 0 Å². The van der Waals surface area contributed by atoms with Gasteiger partial charge in [-0.1, -0.05) is 68.4 Å². The van der Waals surface area contributed by atoms with Crippen molar-refractivity contribution in [2.24, 2.45) is 0 Å². The number of carboxylic acids is 1. The molecule has 2 aromatic rings. The van der Waals surface area contributed by atoms with Crippen molar-refractivity contribution in [1.82, 2.24) is 4.90 Å². The van der Waals surface area contributed by atoms with Crippen LogP contribution in [0.5, 0.6) is 0 Å². The van der Waals surface area contributed by atoms with Gasteiger partial charge in [0.05, 0.1) is 6.10 Å². The monoisotopic (exact) mass is 395 g/mol. The SMILES string of the molecule is CC(C)c1ccc(C(OC2CCN(CCCC(=O)O)CC2)c2ccccc2)cc1. The van der Waals surface area contributed by atoms with Crippen molar-refractivity contribution in [3.8, 4) is 0 Å². The molecule has 0 radical (unpaired) electrons. The molecule has 29 heavy (non-hydrogen) atoms. The molecular weight excluding hydrogens is 362 g/mol. The summed E-state index contributed by atoms with van der Waals surface area (Å²) < 4.78 is 6.63. The topological polar surface area (TPSA) is 49.8 Å². The molecule has 3 rings (SSSR count). The van der Waals surface area contributed by atoms with Gasteiger partial charge in [-0.2, -0.15) is 0 Å². The van der Waals surface area contributed by atoms with Gasteiger partial charge >= 0.3 is 5.97 Å². The van der Waals surface area contributed by atoms with E-state index in [4.69, 9.17) is 9.84 Å². The maximum atomic E-state index is 10.7. The Kier molecular flexibility index (Phi) is 7.84. The van der Waals surface area contributed by atoms with Crippen LogP contribution < -0.4 is 0 Å². The minimum absolute atomic E-state index is 0.0547. The molecule has 1 N–H and O–H groups in total. The Hall–Kier alpha value is -2.17. The van der Waals surface area contributed by atoms with Gasteiger partial charge in [-0.25, -0.2) is 0 Å². The third-order valence-electron chi connectivity index (χ3n) is 5.74. The number of carbonyl (C=O) groups is 1. The summed E-state index contributed by atoms with van der Waals surface area (Å²) in [4.78, 5) is 13.1. The van der Waals surface area contributed by atoms with Crippen LogP contribution in [0, 0.1) is 0 Å². The average Bonchev–Trinajstić information content (AvgIpc) is 2.73. The first kappa shape index (κ1) is 21.5. The predicted octanol–water partition coefficient (Wildman–Crippen LogP) is 5.25. The summed E-state index contributed by atoms with van der Waals surface area (Å²) >= 11 is 0. The molecule has 1 saturated heterocycles. The van der Waals surface area contributed by atoms with E-state index in [-0.39, 0.29) is 18.6 Å². The number of benzene rings is 2. The molecule has 1 atom stereocenters. The molecule has 0 aromatic heterocycles. The number of carboxylic acid groups (broad SMARTS) is 1. The molecule has 0 amide bonds. The summed E-state index contributed by atoms with van der Waals surface area (Å²) in [5.41, 5.74) is 3.73. The number of aliphatic carboxylic acids is 1. The Morgan fingerprint density at radius 1 is 1.00 bits per heavy atom. The average molecular weight is 396 g/mol. The van der Waals surface area contributed by atoms with E-state index in [0.717, 1.165) is 38.9 Å². The third kappa shape index (κ3) is 6.41. The molecule has 1 heterocycles. The number of piperidine rings is 1. The molecule has 1 fully saturated rings. The number of hydrogen-bond donors (Lipinski definition) is 1. The molecule has 1 aliphatic rings. The fourth-order valence-corrected chi connectivity index (χ4v) is 3.95. The van der Waals surface area contributed by atoms with Crippen LogP contribution in [0.25, 0.3) is 0 Å². The van der Waals surface area contributed by atoms with Crippen LogP contribution in [-0.2, 0) is 9.53 Å². The van der Waals surface area contributed by atoms with Gasteiger partial charge in [-0.3, -0.25) is 4.79 Å². The molecule has 1 aliphatic heterocycles. The van der Waals surface area contributed by atoms with Crippen LogP contribution in [0.15, 0.2) is 54.6 Å². The van der Waals surface area contributed by atoms with Crippen molar-refractivity contribution in [3.63, 3.8) is 0 Å². The number of rotatable bonds is 9. The Morgan fingerprint density at radius 3 is 2.17 bits per heavy atom. The highest BCUT2D eigenvalue weighted by atomic mass is 16.5. The van der Waals surface area contributed by atoms with E-state index in [1.807, 2.05) is 6.07 Å². The zero-order valence-electron chi connectivity index (χ0n) is 17.6. The second-order valence-corrected chi connectivity index (χ2v) is 8.29. The lowest BCUT2D eigenvalue weighted by molar-refractivity contribution is -0.137. The minimum Gasteiger partial charge on any atom is -0.481 e. The summed E-state index contributed by atoms with van der Waals surface area (Å²) in [7, 11) is 0. The maximum absolute atomic E-state index is 10.7. The fourth-order valence-electron chi connectivity index (χ4n) is 3.95. The van der Waals surface area contributed by atoms with E-state index in [1.54, 1.807) is 0 Å². The van der Waals surface area contributed by atoms with E-state index in [9.17, 15) is 4.79 Å². The number of ether oxygens (including phenoxy) is 1. The van der Waals surface area contributed by atoms with Gasteiger partial charge < -0.3 is 14.7 Å². The second-order valence-electron chi connectivity index (χ2n) is 8.29. The Bertz CT molecular complexity index is 749. The van der Waals surface area contributed by atoms with Gasteiger partial charge in [-0.15, -0.1) is 0 Å². The lowest BCUT2D eigenvalue weighted by Gasteiger charge is -2.34. The molecular formula is C25H33NO3. The first-order valence-electron chi connectivity index (χ1n) is 10.8. The highest BCUT2D eigenvalue weighted by molar-refractivity contribution is 5.66. The maximum Gasteiger partial charge on any atom is 0.303 e. The van der Waals surface area contributed by atoms with Crippen molar-refractivity contribution in [1.29, 1.82) is 0 Å². The van der Waals surface area contributed by atoms with Gasteiger partial charge in [0.2, 0.25) is 0 Å². The molecule has 0 aliphatic carbocycles. The molecule has 1 unspecified atom stereocenters. The normalized spacial score (nSPS) is 16.8. The van der Waals surface area contributed by atoms with E-state index in [2.05, 4.69) is 67.3 Å². The summed E-state index contributed by atoms with van der Waals surface area (Å²) in [6.07, 6.45) is 3.11. The summed E-state index contributed by atoms with van der Waals surface area (Å²) in [5.74, 6) is -0.192. The van der Waals surface area contributed by atoms with Crippen molar-refractivity contribution in [3.05, 3.63) is 71.3 Å². The van der Waals surface area contributed by atoms with Gasteiger partial charge in [-0.05, 0) is 48.4 Å². The van der Waals surface area contributed by atoms with Crippen LogP contribution in [-0.4, -0.2) is 41.7 Å². The largest absolute Gasteiger partial charge is 0.481 e. The Labute approximate surface area is 174 Å². The number of likely N-dealkylation sites (tertiary alicyclic amines) is 1. The van der Waals surface area contributed by atoms with Crippen molar-refractivity contribution < 1.29 is 14.6 Å². The van der Waals surface area contributed by atoms with E-state index in [1.165, 1.54) is 16.7 Å². The van der Waals surface area contributed by atoms with E-state index >= 15 is 0 Å². The molecule has 0 bridgehead atoms. The molecule has 2 aromatic carbocycles. The van der Waals surface area contributed by atoms with Crippen LogP contribution >= 0.6 is 0 Å². The highest BCUT2D eigenvalue weighted by Gasteiger charge is 2.24. The van der Waals surface area contributed by atoms with Gasteiger partial charge in [0.1, 0.15) is 6.10 Å². The molecule has 0 spiro atoms. The highest BCUT2D eigenvalue weighted by Crippen LogP contribution is 2.31. The molecule has 4 heteroatoms. The van der Waals surface area contributed by atoms with Gasteiger partial charge in [0.25, 0.3) is 0 Å². The fraction of sp³-hybridized carbons (Fsp3) is 0.480. The summed E-state index contributed by atoms with van der Waals surface area (Å²) in [5, 5.41) is 8.81. The van der Waals surface area contributed by atoms with Crippen LogP contribution in [0.2, 0.25) is 0 Å². The van der Waals surface area contributed by atoms with E-state index in [0.29, 0.717) is 5.92 Å².